The van der Waals surface area contributed by atoms with E-state index in [0.717, 1.165) is 57.1 Å². The van der Waals surface area contributed by atoms with E-state index in [9.17, 15) is 4.79 Å². The van der Waals surface area contributed by atoms with E-state index in [1.807, 2.05) is 29.2 Å². The summed E-state index contributed by atoms with van der Waals surface area (Å²) < 4.78 is 5.44. The molecule has 0 unspecified atom stereocenters. The number of amides is 1. The second-order valence-electron chi connectivity index (χ2n) is 8.19. The smallest absolute Gasteiger partial charge is 0.257 e. The van der Waals surface area contributed by atoms with Crippen LogP contribution < -0.4 is 5.32 Å². The fraction of sp³-hybridized carbons (Fsp3) is 0.458. The van der Waals surface area contributed by atoms with Gasteiger partial charge in [0, 0.05) is 31.9 Å². The lowest BCUT2D eigenvalue weighted by Gasteiger charge is -2.39. The lowest BCUT2D eigenvalue weighted by Crippen LogP contribution is -2.45. The first kappa shape index (κ1) is 19.9. The van der Waals surface area contributed by atoms with Crippen molar-refractivity contribution in [3.05, 3.63) is 64.2 Å². The summed E-state index contributed by atoms with van der Waals surface area (Å²) in [5.41, 5.74) is 6.62. The number of rotatable bonds is 5. The van der Waals surface area contributed by atoms with E-state index in [1.54, 1.807) is 0 Å². The maximum atomic E-state index is 13.4. The third-order valence-corrected chi connectivity index (χ3v) is 6.18. The second-order valence-corrected chi connectivity index (χ2v) is 8.19. The summed E-state index contributed by atoms with van der Waals surface area (Å²) in [6, 6.07) is 12.3. The molecule has 2 heterocycles. The Kier molecular flexibility index (Phi) is 5.88. The van der Waals surface area contributed by atoms with Crippen LogP contribution in [0.25, 0.3) is 0 Å². The molecule has 0 saturated carbocycles. The van der Waals surface area contributed by atoms with Crippen molar-refractivity contribution < 1.29 is 9.53 Å². The Morgan fingerprint density at radius 3 is 2.52 bits per heavy atom. The first-order chi connectivity index (χ1) is 14.0. The Morgan fingerprint density at radius 2 is 1.72 bits per heavy atom. The molecule has 2 aromatic rings. The van der Waals surface area contributed by atoms with Crippen molar-refractivity contribution in [3.8, 4) is 0 Å². The molecular weight excluding hydrogens is 362 g/mol. The molecule has 1 N–H and O–H groups in total. The van der Waals surface area contributed by atoms with Gasteiger partial charge in [-0.25, -0.2) is 0 Å². The molecule has 0 radical (unpaired) electrons. The first-order valence-electron chi connectivity index (χ1n) is 10.6. The topological polar surface area (TPSA) is 44.8 Å². The SMILES string of the molecule is Cc1cc(C)c([C@H]2Nc3ccccc3C(=O)N2CCCN2CCOCC2)cc1C. The molecule has 1 atom stereocenters. The largest absolute Gasteiger partial charge is 0.379 e. The number of hydrogen-bond donors (Lipinski definition) is 1. The van der Waals surface area contributed by atoms with Gasteiger partial charge in [0.25, 0.3) is 5.91 Å². The van der Waals surface area contributed by atoms with Crippen LogP contribution in [0.5, 0.6) is 0 Å². The first-order valence-corrected chi connectivity index (χ1v) is 10.6. The quantitative estimate of drug-likeness (QED) is 0.837. The molecular formula is C24H31N3O2. The second kappa shape index (κ2) is 8.56. The maximum Gasteiger partial charge on any atom is 0.257 e. The average Bonchev–Trinajstić information content (AvgIpc) is 2.73. The molecule has 0 aliphatic carbocycles. The minimum Gasteiger partial charge on any atom is -0.379 e. The highest BCUT2D eigenvalue weighted by Crippen LogP contribution is 2.35. The Hall–Kier alpha value is -2.37. The number of ether oxygens (including phenoxy) is 1. The zero-order valence-corrected chi connectivity index (χ0v) is 17.7. The number of fused-ring (bicyclic) bond motifs is 1. The zero-order valence-electron chi connectivity index (χ0n) is 17.7. The van der Waals surface area contributed by atoms with Crippen LogP contribution in [0.1, 0.15) is 45.2 Å². The van der Waals surface area contributed by atoms with Crippen LogP contribution in [0.3, 0.4) is 0 Å². The van der Waals surface area contributed by atoms with Crippen LogP contribution in [0, 0.1) is 20.8 Å². The third-order valence-electron chi connectivity index (χ3n) is 6.18. The average molecular weight is 394 g/mol. The van der Waals surface area contributed by atoms with E-state index >= 15 is 0 Å². The molecule has 1 fully saturated rings. The van der Waals surface area contributed by atoms with Gasteiger partial charge in [-0.15, -0.1) is 0 Å². The van der Waals surface area contributed by atoms with E-state index in [2.05, 4.69) is 43.1 Å². The van der Waals surface area contributed by atoms with Gasteiger partial charge in [-0.2, -0.15) is 0 Å². The molecule has 2 aliphatic heterocycles. The van der Waals surface area contributed by atoms with Crippen LogP contribution in [0.4, 0.5) is 5.69 Å². The Labute approximate surface area is 173 Å². The van der Waals surface area contributed by atoms with Gasteiger partial charge in [-0.1, -0.05) is 24.3 Å². The van der Waals surface area contributed by atoms with Crippen molar-refractivity contribution in [1.82, 2.24) is 9.80 Å². The van der Waals surface area contributed by atoms with Crippen LogP contribution in [0.2, 0.25) is 0 Å². The number of hydrogen-bond acceptors (Lipinski definition) is 4. The predicted octanol–water partition coefficient (Wildman–Crippen LogP) is 3.90. The normalized spacial score (nSPS) is 19.8. The number of aryl methyl sites for hydroxylation is 3. The standard InChI is InChI=1S/C24H31N3O2/c1-17-15-19(3)21(16-18(17)2)23-25-22-8-5-4-7-20(22)24(28)27(23)10-6-9-26-11-13-29-14-12-26/h4-5,7-8,15-16,23,25H,6,9-14H2,1-3H3/t23-/m0/s1. The van der Waals surface area contributed by atoms with Gasteiger partial charge >= 0.3 is 0 Å². The minimum absolute atomic E-state index is 0.115. The number of carbonyl (C=O) groups is 1. The lowest BCUT2D eigenvalue weighted by atomic mass is 9.96. The van der Waals surface area contributed by atoms with Crippen molar-refractivity contribution in [2.45, 2.75) is 33.4 Å². The maximum absolute atomic E-state index is 13.4. The van der Waals surface area contributed by atoms with E-state index in [0.29, 0.717) is 0 Å². The molecule has 2 aromatic carbocycles. The fourth-order valence-electron chi connectivity index (χ4n) is 4.34. The van der Waals surface area contributed by atoms with E-state index in [1.165, 1.54) is 22.3 Å². The minimum atomic E-state index is -0.138. The molecule has 29 heavy (non-hydrogen) atoms. The number of para-hydroxylation sites is 1. The van der Waals surface area contributed by atoms with Gasteiger partial charge in [0.1, 0.15) is 6.17 Å². The van der Waals surface area contributed by atoms with Crippen LogP contribution in [-0.2, 0) is 4.74 Å². The molecule has 2 aliphatic rings. The van der Waals surface area contributed by atoms with Gasteiger partial charge in [0.05, 0.1) is 18.8 Å². The lowest BCUT2D eigenvalue weighted by molar-refractivity contribution is 0.0348. The summed E-state index contributed by atoms with van der Waals surface area (Å²) >= 11 is 0. The summed E-state index contributed by atoms with van der Waals surface area (Å²) in [6.07, 6.45) is 0.817. The third kappa shape index (κ3) is 4.16. The van der Waals surface area contributed by atoms with Crippen molar-refractivity contribution in [3.63, 3.8) is 0 Å². The van der Waals surface area contributed by atoms with Crippen molar-refractivity contribution in [2.75, 3.05) is 44.7 Å². The summed E-state index contributed by atoms with van der Waals surface area (Å²) in [7, 11) is 0. The van der Waals surface area contributed by atoms with Gasteiger partial charge in [-0.05, 0) is 61.6 Å². The molecule has 0 aromatic heterocycles. The molecule has 0 spiro atoms. The van der Waals surface area contributed by atoms with Crippen molar-refractivity contribution in [1.29, 1.82) is 0 Å². The number of nitrogens with one attached hydrogen (secondary N) is 1. The molecule has 0 bridgehead atoms. The van der Waals surface area contributed by atoms with Gasteiger partial charge in [0.2, 0.25) is 0 Å². The summed E-state index contributed by atoms with van der Waals surface area (Å²) in [6.45, 7) is 11.7. The van der Waals surface area contributed by atoms with Crippen molar-refractivity contribution in [2.24, 2.45) is 0 Å². The zero-order chi connectivity index (χ0) is 20.4. The summed E-state index contributed by atoms with van der Waals surface area (Å²) in [5, 5.41) is 3.64. The van der Waals surface area contributed by atoms with Gasteiger partial charge in [0.15, 0.2) is 0 Å². The summed E-state index contributed by atoms with van der Waals surface area (Å²) in [4.78, 5) is 17.8. The van der Waals surface area contributed by atoms with E-state index < -0.39 is 0 Å². The molecule has 1 saturated heterocycles. The van der Waals surface area contributed by atoms with Crippen molar-refractivity contribution >= 4 is 11.6 Å². The molecule has 1 amide bonds. The highest BCUT2D eigenvalue weighted by atomic mass is 16.5. The number of carbonyl (C=O) groups excluding carboxylic acids is 1. The van der Waals surface area contributed by atoms with Crippen LogP contribution >= 0.6 is 0 Å². The Morgan fingerprint density at radius 1 is 1.00 bits per heavy atom. The number of morpholine rings is 1. The monoisotopic (exact) mass is 393 g/mol. The molecule has 5 nitrogen and oxygen atoms in total. The fourth-order valence-corrected chi connectivity index (χ4v) is 4.34. The highest BCUT2D eigenvalue weighted by molar-refractivity contribution is 6.01. The van der Waals surface area contributed by atoms with E-state index in [4.69, 9.17) is 4.74 Å². The van der Waals surface area contributed by atoms with Crippen LogP contribution in [-0.4, -0.2) is 55.1 Å². The van der Waals surface area contributed by atoms with Gasteiger partial charge < -0.3 is 15.0 Å². The number of anilines is 1. The van der Waals surface area contributed by atoms with E-state index in [-0.39, 0.29) is 12.1 Å². The van der Waals surface area contributed by atoms with Gasteiger partial charge in [-0.3, -0.25) is 9.69 Å². The summed E-state index contributed by atoms with van der Waals surface area (Å²) in [5.74, 6) is 0.115. The Bertz CT molecular complexity index is 890. The predicted molar refractivity (Wildman–Crippen MR) is 116 cm³/mol. The molecule has 4 rings (SSSR count). The number of benzene rings is 2. The molecule has 154 valence electrons. The number of nitrogens with zero attached hydrogens (tertiary/aromatic N) is 2. The Balaban J connectivity index is 1.60. The van der Waals surface area contributed by atoms with Crippen LogP contribution in [0.15, 0.2) is 36.4 Å². The molecule has 5 heteroatoms. The highest BCUT2D eigenvalue weighted by Gasteiger charge is 2.33.